The standard InChI is InChI=1S/C12H16Si/c1-4-11-5-7-12(8-6-11)9(2)10(3)13/h4-8H,1H2,2-3,13H3. The zero-order valence-electron chi connectivity index (χ0n) is 8.59. The summed E-state index contributed by atoms with van der Waals surface area (Å²) in [4.78, 5) is 0. The molecule has 0 saturated carbocycles. The molecule has 1 aromatic rings. The van der Waals surface area contributed by atoms with Crippen molar-refractivity contribution < 1.29 is 0 Å². The lowest BCUT2D eigenvalue weighted by atomic mass is 10.1. The first kappa shape index (κ1) is 10.0. The summed E-state index contributed by atoms with van der Waals surface area (Å²) in [7, 11) is 1.15. The van der Waals surface area contributed by atoms with Crippen LogP contribution in [-0.4, -0.2) is 10.2 Å². The minimum absolute atomic E-state index is 1.15. The van der Waals surface area contributed by atoms with Crippen LogP contribution in [0.4, 0.5) is 0 Å². The first-order valence-corrected chi connectivity index (χ1v) is 5.52. The Kier molecular flexibility index (Phi) is 3.26. The van der Waals surface area contributed by atoms with Gasteiger partial charge in [-0.05, 0) is 30.5 Å². The van der Waals surface area contributed by atoms with E-state index < -0.39 is 0 Å². The second-order valence-electron chi connectivity index (χ2n) is 3.45. The average Bonchev–Trinajstić information content (AvgIpc) is 2.17. The van der Waals surface area contributed by atoms with Gasteiger partial charge in [0, 0.05) is 10.2 Å². The van der Waals surface area contributed by atoms with Crippen molar-refractivity contribution in [2.45, 2.75) is 13.8 Å². The zero-order chi connectivity index (χ0) is 9.84. The van der Waals surface area contributed by atoms with E-state index in [1.54, 1.807) is 0 Å². The molecule has 0 bridgehead atoms. The first-order chi connectivity index (χ1) is 6.15. The summed E-state index contributed by atoms with van der Waals surface area (Å²) in [5.74, 6) is 0. The maximum absolute atomic E-state index is 3.74. The first-order valence-electron chi connectivity index (χ1n) is 4.52. The number of allylic oxidation sites excluding steroid dienone is 2. The molecule has 1 rings (SSSR count). The van der Waals surface area contributed by atoms with Gasteiger partial charge in [-0.3, -0.25) is 0 Å². The fourth-order valence-electron chi connectivity index (χ4n) is 1.16. The Labute approximate surface area is 83.4 Å². The number of benzene rings is 1. The smallest absolute Gasteiger partial charge is 0.0333 e. The molecule has 13 heavy (non-hydrogen) atoms. The molecule has 0 N–H and O–H groups in total. The molecule has 68 valence electrons. The van der Waals surface area contributed by atoms with Gasteiger partial charge in [0.2, 0.25) is 0 Å². The van der Waals surface area contributed by atoms with Crippen molar-refractivity contribution in [1.29, 1.82) is 0 Å². The molecular formula is C12H16Si. The summed E-state index contributed by atoms with van der Waals surface area (Å²) in [5, 5.41) is 1.51. The van der Waals surface area contributed by atoms with E-state index in [1.165, 1.54) is 21.9 Å². The molecular weight excluding hydrogens is 172 g/mol. The molecule has 0 aromatic heterocycles. The van der Waals surface area contributed by atoms with Crippen LogP contribution in [0.25, 0.3) is 11.6 Å². The fourth-order valence-corrected chi connectivity index (χ4v) is 1.45. The predicted molar refractivity (Wildman–Crippen MR) is 64.7 cm³/mol. The summed E-state index contributed by atoms with van der Waals surface area (Å²) < 4.78 is 0. The normalized spacial score (nSPS) is 12.5. The predicted octanol–water partition coefficient (Wildman–Crippen LogP) is 2.45. The molecule has 0 radical (unpaired) electrons. The molecule has 1 aromatic carbocycles. The number of hydrogen-bond acceptors (Lipinski definition) is 0. The molecule has 0 aliphatic heterocycles. The molecule has 0 nitrogen and oxygen atoms in total. The lowest BCUT2D eigenvalue weighted by Crippen LogP contribution is -1.84. The van der Waals surface area contributed by atoms with Crippen LogP contribution in [0.1, 0.15) is 25.0 Å². The number of hydrogen-bond donors (Lipinski definition) is 0. The number of rotatable bonds is 2. The highest BCUT2D eigenvalue weighted by atomic mass is 28.1. The Bertz CT molecular complexity index is 327. The van der Waals surface area contributed by atoms with Crippen LogP contribution in [0.2, 0.25) is 0 Å². The van der Waals surface area contributed by atoms with Crippen molar-refractivity contribution in [3.8, 4) is 0 Å². The van der Waals surface area contributed by atoms with E-state index in [9.17, 15) is 0 Å². The zero-order valence-corrected chi connectivity index (χ0v) is 10.6. The Morgan fingerprint density at radius 3 is 2.15 bits per heavy atom. The van der Waals surface area contributed by atoms with Crippen molar-refractivity contribution >= 4 is 21.9 Å². The maximum atomic E-state index is 3.74. The van der Waals surface area contributed by atoms with Gasteiger partial charge in [0.15, 0.2) is 0 Å². The molecule has 0 amide bonds. The molecule has 0 aliphatic rings. The minimum atomic E-state index is 1.15. The average molecular weight is 188 g/mol. The highest BCUT2D eigenvalue weighted by Gasteiger charge is 1.96. The third-order valence-electron chi connectivity index (χ3n) is 2.33. The van der Waals surface area contributed by atoms with Crippen molar-refractivity contribution in [3.63, 3.8) is 0 Å². The topological polar surface area (TPSA) is 0 Å². The molecule has 0 fully saturated rings. The van der Waals surface area contributed by atoms with Gasteiger partial charge in [-0.2, -0.15) is 0 Å². The summed E-state index contributed by atoms with van der Waals surface area (Å²) in [5.41, 5.74) is 3.93. The van der Waals surface area contributed by atoms with E-state index in [4.69, 9.17) is 0 Å². The van der Waals surface area contributed by atoms with Gasteiger partial charge >= 0.3 is 0 Å². The van der Waals surface area contributed by atoms with Crippen molar-refractivity contribution in [2.75, 3.05) is 0 Å². The van der Waals surface area contributed by atoms with Crippen LogP contribution in [0.15, 0.2) is 36.0 Å². The van der Waals surface area contributed by atoms with E-state index in [-0.39, 0.29) is 0 Å². The van der Waals surface area contributed by atoms with E-state index in [1.807, 2.05) is 6.08 Å². The van der Waals surface area contributed by atoms with Gasteiger partial charge in [0.05, 0.1) is 0 Å². The van der Waals surface area contributed by atoms with Crippen LogP contribution < -0.4 is 0 Å². The van der Waals surface area contributed by atoms with Crippen LogP contribution in [0.3, 0.4) is 0 Å². The quantitative estimate of drug-likeness (QED) is 0.625. The van der Waals surface area contributed by atoms with Gasteiger partial charge in [0.25, 0.3) is 0 Å². The minimum Gasteiger partial charge on any atom is -0.0985 e. The van der Waals surface area contributed by atoms with Crippen LogP contribution >= 0.6 is 0 Å². The summed E-state index contributed by atoms with van der Waals surface area (Å²) in [6.07, 6.45) is 1.87. The molecule has 0 heterocycles. The largest absolute Gasteiger partial charge is 0.0985 e. The van der Waals surface area contributed by atoms with Gasteiger partial charge in [-0.1, -0.05) is 42.1 Å². The summed E-state index contributed by atoms with van der Waals surface area (Å²) >= 11 is 0. The second kappa shape index (κ2) is 4.24. The molecule has 0 atom stereocenters. The Morgan fingerprint density at radius 2 is 1.77 bits per heavy atom. The Balaban J connectivity index is 3.06. The van der Waals surface area contributed by atoms with Gasteiger partial charge < -0.3 is 0 Å². The molecule has 1 heteroatoms. The SMILES string of the molecule is C=Cc1ccc(C(C)=C(C)[SiH3])cc1. The fraction of sp³-hybridized carbons (Fsp3) is 0.167. The molecule has 0 saturated heterocycles. The molecule has 0 aliphatic carbocycles. The Morgan fingerprint density at radius 1 is 1.23 bits per heavy atom. The lowest BCUT2D eigenvalue weighted by Gasteiger charge is -2.04. The third-order valence-corrected chi connectivity index (χ3v) is 3.08. The lowest BCUT2D eigenvalue weighted by molar-refractivity contribution is 1.51. The second-order valence-corrected chi connectivity index (χ2v) is 4.95. The third kappa shape index (κ3) is 2.43. The van der Waals surface area contributed by atoms with Crippen LogP contribution in [-0.2, 0) is 0 Å². The van der Waals surface area contributed by atoms with E-state index in [0.29, 0.717) is 0 Å². The highest BCUT2D eigenvalue weighted by molar-refractivity contribution is 6.24. The molecule has 0 unspecified atom stereocenters. The van der Waals surface area contributed by atoms with Gasteiger partial charge in [-0.25, -0.2) is 0 Å². The van der Waals surface area contributed by atoms with Crippen molar-refractivity contribution in [2.24, 2.45) is 0 Å². The van der Waals surface area contributed by atoms with Crippen LogP contribution in [0.5, 0.6) is 0 Å². The Hall–Kier alpha value is -1.08. The van der Waals surface area contributed by atoms with Crippen molar-refractivity contribution in [3.05, 3.63) is 47.2 Å². The maximum Gasteiger partial charge on any atom is 0.0333 e. The summed E-state index contributed by atoms with van der Waals surface area (Å²) in [6.45, 7) is 8.12. The van der Waals surface area contributed by atoms with Crippen LogP contribution in [0, 0.1) is 0 Å². The van der Waals surface area contributed by atoms with Crippen molar-refractivity contribution in [1.82, 2.24) is 0 Å². The van der Waals surface area contributed by atoms with Gasteiger partial charge in [-0.15, -0.1) is 0 Å². The highest BCUT2D eigenvalue weighted by Crippen LogP contribution is 2.17. The van der Waals surface area contributed by atoms with E-state index >= 15 is 0 Å². The van der Waals surface area contributed by atoms with E-state index in [0.717, 1.165) is 10.2 Å². The monoisotopic (exact) mass is 188 g/mol. The molecule has 0 spiro atoms. The summed E-state index contributed by atoms with van der Waals surface area (Å²) in [6, 6.07) is 8.54. The van der Waals surface area contributed by atoms with Gasteiger partial charge in [0.1, 0.15) is 0 Å². The van der Waals surface area contributed by atoms with E-state index in [2.05, 4.69) is 44.7 Å².